The molecule has 2 aliphatic rings. The Morgan fingerprint density at radius 1 is 1.50 bits per heavy atom. The SMILES string of the molecule is CC[C@H](C(=O)O)N1CC[C@]2(CCCCO2)C1. The summed E-state index contributed by atoms with van der Waals surface area (Å²) >= 11 is 0. The molecule has 4 nitrogen and oxygen atoms in total. The zero-order chi connectivity index (χ0) is 11.6. The highest BCUT2D eigenvalue weighted by Gasteiger charge is 2.43. The molecule has 16 heavy (non-hydrogen) atoms. The molecule has 0 amide bonds. The van der Waals surface area contributed by atoms with Crippen LogP contribution in [0.5, 0.6) is 0 Å². The molecule has 2 fully saturated rings. The summed E-state index contributed by atoms with van der Waals surface area (Å²) in [5, 5.41) is 9.14. The van der Waals surface area contributed by atoms with Crippen molar-refractivity contribution in [1.29, 1.82) is 0 Å². The molecule has 0 aromatic carbocycles. The van der Waals surface area contributed by atoms with Crippen LogP contribution in [0, 0.1) is 0 Å². The lowest BCUT2D eigenvalue weighted by Crippen LogP contribution is -2.44. The summed E-state index contributed by atoms with van der Waals surface area (Å²) in [5.74, 6) is -0.699. The van der Waals surface area contributed by atoms with Crippen LogP contribution in [0.3, 0.4) is 0 Å². The smallest absolute Gasteiger partial charge is 0.320 e. The number of carbonyl (C=O) groups is 1. The Kier molecular flexibility index (Phi) is 3.50. The summed E-state index contributed by atoms with van der Waals surface area (Å²) in [7, 11) is 0. The predicted molar refractivity (Wildman–Crippen MR) is 60.4 cm³/mol. The lowest BCUT2D eigenvalue weighted by atomic mass is 9.93. The minimum absolute atomic E-state index is 0.0267. The summed E-state index contributed by atoms with van der Waals surface area (Å²) < 4.78 is 5.90. The lowest BCUT2D eigenvalue weighted by molar-refractivity contribution is -0.143. The van der Waals surface area contributed by atoms with Crippen LogP contribution in [-0.2, 0) is 9.53 Å². The van der Waals surface area contributed by atoms with E-state index in [4.69, 9.17) is 9.84 Å². The Labute approximate surface area is 96.6 Å². The molecule has 0 unspecified atom stereocenters. The van der Waals surface area contributed by atoms with Gasteiger partial charge in [0.15, 0.2) is 0 Å². The van der Waals surface area contributed by atoms with Gasteiger partial charge in [0.2, 0.25) is 0 Å². The normalized spacial score (nSPS) is 33.1. The zero-order valence-corrected chi connectivity index (χ0v) is 9.95. The van der Waals surface area contributed by atoms with Gasteiger partial charge in [0.05, 0.1) is 5.60 Å². The van der Waals surface area contributed by atoms with Crippen LogP contribution in [0.1, 0.15) is 39.0 Å². The molecule has 1 spiro atoms. The molecule has 0 aliphatic carbocycles. The molecule has 2 saturated heterocycles. The van der Waals surface area contributed by atoms with Crippen molar-refractivity contribution >= 4 is 5.97 Å². The maximum absolute atomic E-state index is 11.1. The van der Waals surface area contributed by atoms with Gasteiger partial charge in [-0.15, -0.1) is 0 Å². The summed E-state index contributed by atoms with van der Waals surface area (Å²) in [4.78, 5) is 13.2. The van der Waals surface area contributed by atoms with Crippen molar-refractivity contribution in [1.82, 2.24) is 4.90 Å². The minimum atomic E-state index is -0.699. The fourth-order valence-corrected chi connectivity index (χ4v) is 2.96. The molecule has 2 aliphatic heterocycles. The summed E-state index contributed by atoms with van der Waals surface area (Å²) in [5.41, 5.74) is -0.0267. The molecular formula is C12H21NO3. The molecule has 1 N–H and O–H groups in total. The van der Waals surface area contributed by atoms with Gasteiger partial charge in [-0.3, -0.25) is 9.69 Å². The highest BCUT2D eigenvalue weighted by atomic mass is 16.5. The second kappa shape index (κ2) is 4.72. The van der Waals surface area contributed by atoms with Crippen LogP contribution in [0.15, 0.2) is 0 Å². The zero-order valence-electron chi connectivity index (χ0n) is 9.95. The molecule has 92 valence electrons. The highest BCUT2D eigenvalue weighted by Crippen LogP contribution is 2.35. The van der Waals surface area contributed by atoms with E-state index in [-0.39, 0.29) is 11.6 Å². The van der Waals surface area contributed by atoms with Crippen molar-refractivity contribution in [2.45, 2.75) is 50.7 Å². The van der Waals surface area contributed by atoms with Gasteiger partial charge in [0.1, 0.15) is 6.04 Å². The number of carboxylic acid groups (broad SMARTS) is 1. The summed E-state index contributed by atoms with van der Waals surface area (Å²) in [6, 6.07) is -0.329. The molecule has 0 bridgehead atoms. The van der Waals surface area contributed by atoms with E-state index in [0.717, 1.165) is 39.0 Å². The van der Waals surface area contributed by atoms with E-state index in [9.17, 15) is 4.79 Å². The quantitative estimate of drug-likeness (QED) is 0.793. The van der Waals surface area contributed by atoms with E-state index in [1.807, 2.05) is 6.92 Å². The average Bonchev–Trinajstić information content (AvgIpc) is 2.64. The van der Waals surface area contributed by atoms with E-state index >= 15 is 0 Å². The number of rotatable bonds is 3. The molecule has 0 radical (unpaired) electrons. The minimum Gasteiger partial charge on any atom is -0.480 e. The highest BCUT2D eigenvalue weighted by molar-refractivity contribution is 5.73. The Balaban J connectivity index is 1.98. The first-order valence-electron chi connectivity index (χ1n) is 6.28. The molecule has 4 heteroatoms. The van der Waals surface area contributed by atoms with E-state index in [2.05, 4.69) is 4.90 Å². The van der Waals surface area contributed by atoms with Gasteiger partial charge in [-0.1, -0.05) is 6.92 Å². The van der Waals surface area contributed by atoms with Crippen molar-refractivity contribution in [3.8, 4) is 0 Å². The fraction of sp³-hybridized carbons (Fsp3) is 0.917. The van der Waals surface area contributed by atoms with Gasteiger partial charge >= 0.3 is 5.97 Å². The summed E-state index contributed by atoms with van der Waals surface area (Å²) in [6.07, 6.45) is 5.14. The predicted octanol–water partition coefficient (Wildman–Crippen LogP) is 1.49. The first-order valence-corrected chi connectivity index (χ1v) is 6.28. The number of carboxylic acids is 1. The number of hydrogen-bond donors (Lipinski definition) is 1. The van der Waals surface area contributed by atoms with Crippen molar-refractivity contribution in [3.05, 3.63) is 0 Å². The number of hydrogen-bond acceptors (Lipinski definition) is 3. The Bertz CT molecular complexity index is 261. The molecule has 2 rings (SSSR count). The van der Waals surface area contributed by atoms with Gasteiger partial charge in [0.25, 0.3) is 0 Å². The molecule has 0 aromatic rings. The van der Waals surface area contributed by atoms with E-state index in [0.29, 0.717) is 6.42 Å². The van der Waals surface area contributed by atoms with Crippen LogP contribution in [0.4, 0.5) is 0 Å². The number of aliphatic carboxylic acids is 1. The van der Waals surface area contributed by atoms with Gasteiger partial charge in [-0.25, -0.2) is 0 Å². The average molecular weight is 227 g/mol. The summed E-state index contributed by atoms with van der Waals surface area (Å²) in [6.45, 7) is 4.45. The van der Waals surface area contributed by atoms with Crippen molar-refractivity contribution < 1.29 is 14.6 Å². The maximum atomic E-state index is 11.1. The van der Waals surface area contributed by atoms with Crippen LogP contribution in [0.2, 0.25) is 0 Å². The largest absolute Gasteiger partial charge is 0.480 e. The van der Waals surface area contributed by atoms with E-state index in [1.165, 1.54) is 6.42 Å². The Morgan fingerprint density at radius 3 is 2.88 bits per heavy atom. The van der Waals surface area contributed by atoms with Gasteiger partial charge < -0.3 is 9.84 Å². The third-order valence-corrected chi connectivity index (χ3v) is 3.89. The number of nitrogens with zero attached hydrogens (tertiary/aromatic N) is 1. The molecule has 0 aromatic heterocycles. The van der Waals surface area contributed by atoms with Crippen molar-refractivity contribution in [2.24, 2.45) is 0 Å². The van der Waals surface area contributed by atoms with Crippen LogP contribution in [-0.4, -0.2) is 47.3 Å². The number of ether oxygens (including phenoxy) is 1. The standard InChI is InChI=1S/C12H21NO3/c1-2-10(11(14)15)13-7-6-12(9-13)5-3-4-8-16-12/h10H,2-9H2,1H3,(H,14,15)/t10-,12-/m1/s1. The van der Waals surface area contributed by atoms with Crippen molar-refractivity contribution in [2.75, 3.05) is 19.7 Å². The Hall–Kier alpha value is -0.610. The number of likely N-dealkylation sites (tertiary alicyclic amines) is 1. The van der Waals surface area contributed by atoms with Gasteiger partial charge in [-0.05, 0) is 32.1 Å². The second-order valence-electron chi connectivity index (χ2n) is 4.97. The second-order valence-corrected chi connectivity index (χ2v) is 4.97. The lowest BCUT2D eigenvalue weighted by Gasteiger charge is -2.34. The first-order chi connectivity index (χ1) is 7.67. The molecule has 2 atom stereocenters. The monoisotopic (exact) mass is 227 g/mol. The van der Waals surface area contributed by atoms with Gasteiger partial charge in [-0.2, -0.15) is 0 Å². The maximum Gasteiger partial charge on any atom is 0.320 e. The van der Waals surface area contributed by atoms with Crippen molar-refractivity contribution in [3.63, 3.8) is 0 Å². The van der Waals surface area contributed by atoms with Gasteiger partial charge in [0, 0.05) is 19.7 Å². The fourth-order valence-electron chi connectivity index (χ4n) is 2.96. The first kappa shape index (κ1) is 11.9. The third kappa shape index (κ3) is 2.23. The molecule has 0 saturated carbocycles. The van der Waals surface area contributed by atoms with E-state index in [1.54, 1.807) is 0 Å². The topological polar surface area (TPSA) is 49.8 Å². The third-order valence-electron chi connectivity index (χ3n) is 3.89. The van der Waals surface area contributed by atoms with Crippen LogP contribution < -0.4 is 0 Å². The molecule has 2 heterocycles. The van der Waals surface area contributed by atoms with Crippen LogP contribution in [0.25, 0.3) is 0 Å². The Morgan fingerprint density at radius 2 is 2.31 bits per heavy atom. The molecular weight excluding hydrogens is 206 g/mol. The van der Waals surface area contributed by atoms with Crippen LogP contribution >= 0.6 is 0 Å². The van der Waals surface area contributed by atoms with E-state index < -0.39 is 5.97 Å².